The van der Waals surface area contributed by atoms with Crippen LogP contribution in [0.5, 0.6) is 0 Å². The minimum absolute atomic E-state index is 0.0322. The molecule has 0 saturated heterocycles. The Kier molecular flexibility index (Phi) is 2.00. The van der Waals surface area contributed by atoms with E-state index in [1.807, 2.05) is 0 Å². The summed E-state index contributed by atoms with van der Waals surface area (Å²) in [5.41, 5.74) is 1.00. The molecule has 0 spiro atoms. The van der Waals surface area contributed by atoms with Gasteiger partial charge in [-0.2, -0.15) is 0 Å². The minimum Gasteiger partial charge on any atom is -0.350 e. The Balaban J connectivity index is 2.94. The highest BCUT2D eigenvalue weighted by molar-refractivity contribution is 6.02. The van der Waals surface area contributed by atoms with Crippen LogP contribution in [0, 0.1) is 10.1 Å². The second kappa shape index (κ2) is 3.20. The van der Waals surface area contributed by atoms with E-state index in [1.54, 1.807) is 29.9 Å². The number of rotatable bonds is 2. The van der Waals surface area contributed by atoms with Crippen LogP contribution < -0.4 is 0 Å². The van der Waals surface area contributed by atoms with Crippen LogP contribution in [-0.4, -0.2) is 15.8 Å². The number of benzene rings is 1. The van der Waals surface area contributed by atoms with Gasteiger partial charge in [-0.25, -0.2) is 0 Å². The predicted octanol–water partition coefficient (Wildman–Crippen LogP) is 1.90. The van der Waals surface area contributed by atoms with Crippen LogP contribution >= 0.6 is 0 Å². The van der Waals surface area contributed by atoms with Crippen LogP contribution in [0.2, 0.25) is 0 Å². The van der Waals surface area contributed by atoms with Gasteiger partial charge >= 0.3 is 0 Å². The normalized spacial score (nSPS) is 10.5. The molecule has 0 amide bonds. The van der Waals surface area contributed by atoms with Gasteiger partial charge in [0.25, 0.3) is 5.69 Å². The number of nitro benzene ring substituents is 1. The molecule has 2 rings (SSSR count). The Hall–Kier alpha value is -2.17. The molecule has 0 fully saturated rings. The first-order chi connectivity index (χ1) is 7.15. The third-order valence-corrected chi connectivity index (χ3v) is 2.35. The highest BCUT2D eigenvalue weighted by atomic mass is 16.6. The zero-order valence-electron chi connectivity index (χ0n) is 8.01. The standard InChI is InChI=1S/C10H8N2O3/c1-11-5-7(6-13)10-8(11)3-2-4-9(10)12(14)15/h2-6H,1H3. The van der Waals surface area contributed by atoms with Crippen molar-refractivity contribution in [1.29, 1.82) is 0 Å². The fraction of sp³-hybridized carbons (Fsp3) is 0.100. The lowest BCUT2D eigenvalue weighted by Crippen LogP contribution is -1.90. The number of nitro groups is 1. The third kappa shape index (κ3) is 1.28. The number of non-ortho nitro benzene ring substituents is 1. The van der Waals surface area contributed by atoms with Gasteiger partial charge in [-0.15, -0.1) is 0 Å². The SMILES string of the molecule is Cn1cc(C=O)c2c([N+](=O)[O-])cccc21. The maximum atomic E-state index is 10.8. The summed E-state index contributed by atoms with van der Waals surface area (Å²) in [5.74, 6) is 0. The number of aldehydes is 1. The topological polar surface area (TPSA) is 65.1 Å². The molecular formula is C10H8N2O3. The molecule has 0 aliphatic heterocycles. The molecule has 0 radical (unpaired) electrons. The lowest BCUT2D eigenvalue weighted by Gasteiger charge is -1.96. The van der Waals surface area contributed by atoms with Crippen LogP contribution in [0.25, 0.3) is 10.9 Å². The molecule has 5 nitrogen and oxygen atoms in total. The van der Waals surface area contributed by atoms with E-state index >= 15 is 0 Å². The molecule has 1 aromatic heterocycles. The Bertz CT molecular complexity index is 557. The number of fused-ring (bicyclic) bond motifs is 1. The van der Waals surface area contributed by atoms with E-state index < -0.39 is 4.92 Å². The summed E-state index contributed by atoms with van der Waals surface area (Å²) in [6.45, 7) is 0. The molecule has 0 aliphatic rings. The fourth-order valence-electron chi connectivity index (χ4n) is 1.70. The van der Waals surface area contributed by atoms with Gasteiger partial charge in [-0.05, 0) is 6.07 Å². The van der Waals surface area contributed by atoms with Gasteiger partial charge in [-0.3, -0.25) is 14.9 Å². The van der Waals surface area contributed by atoms with Crippen molar-refractivity contribution in [2.75, 3.05) is 0 Å². The molecule has 15 heavy (non-hydrogen) atoms. The molecule has 76 valence electrons. The van der Waals surface area contributed by atoms with Crippen LogP contribution in [0.4, 0.5) is 5.69 Å². The number of carbonyl (C=O) groups is 1. The Morgan fingerprint density at radius 2 is 2.20 bits per heavy atom. The van der Waals surface area contributed by atoms with E-state index in [2.05, 4.69) is 0 Å². The molecule has 0 bridgehead atoms. The lowest BCUT2D eigenvalue weighted by molar-refractivity contribution is -0.383. The first kappa shape index (κ1) is 9.39. The third-order valence-electron chi connectivity index (χ3n) is 2.35. The molecule has 1 aromatic carbocycles. The van der Waals surface area contributed by atoms with E-state index in [9.17, 15) is 14.9 Å². The summed E-state index contributed by atoms with van der Waals surface area (Å²) in [6.07, 6.45) is 2.22. The largest absolute Gasteiger partial charge is 0.350 e. The first-order valence-corrected chi connectivity index (χ1v) is 4.32. The number of carbonyl (C=O) groups excluding carboxylic acids is 1. The molecule has 0 aliphatic carbocycles. The van der Waals surface area contributed by atoms with Gasteiger partial charge in [0.2, 0.25) is 0 Å². The van der Waals surface area contributed by atoms with E-state index in [4.69, 9.17) is 0 Å². The van der Waals surface area contributed by atoms with Crippen molar-refractivity contribution >= 4 is 22.9 Å². The van der Waals surface area contributed by atoms with Crippen molar-refractivity contribution in [3.63, 3.8) is 0 Å². The summed E-state index contributed by atoms with van der Waals surface area (Å²) < 4.78 is 1.70. The second-order valence-corrected chi connectivity index (χ2v) is 3.24. The summed E-state index contributed by atoms with van der Waals surface area (Å²) in [5, 5.41) is 11.2. The zero-order valence-corrected chi connectivity index (χ0v) is 8.01. The van der Waals surface area contributed by atoms with E-state index in [0.29, 0.717) is 22.8 Å². The van der Waals surface area contributed by atoms with E-state index in [1.165, 1.54) is 6.07 Å². The molecule has 5 heteroatoms. The highest BCUT2D eigenvalue weighted by Crippen LogP contribution is 2.28. The number of aromatic nitrogens is 1. The molecule has 2 aromatic rings. The van der Waals surface area contributed by atoms with Crippen molar-refractivity contribution in [2.45, 2.75) is 0 Å². The second-order valence-electron chi connectivity index (χ2n) is 3.24. The van der Waals surface area contributed by atoms with E-state index in [-0.39, 0.29) is 5.69 Å². The van der Waals surface area contributed by atoms with Gasteiger partial charge < -0.3 is 4.57 Å². The molecule has 1 heterocycles. The first-order valence-electron chi connectivity index (χ1n) is 4.32. The average Bonchev–Trinajstić information content (AvgIpc) is 2.55. The molecular weight excluding hydrogens is 196 g/mol. The summed E-state index contributed by atoms with van der Waals surface area (Å²) in [6, 6.07) is 4.75. The van der Waals surface area contributed by atoms with Crippen molar-refractivity contribution in [3.05, 3.63) is 40.1 Å². The minimum atomic E-state index is -0.477. The predicted molar refractivity (Wildman–Crippen MR) is 55.0 cm³/mol. The number of nitrogens with zero attached hydrogens (tertiary/aromatic N) is 2. The van der Waals surface area contributed by atoms with Gasteiger partial charge in [0.05, 0.1) is 15.8 Å². The number of hydrogen-bond acceptors (Lipinski definition) is 3. The lowest BCUT2D eigenvalue weighted by atomic mass is 10.1. The highest BCUT2D eigenvalue weighted by Gasteiger charge is 2.17. The Morgan fingerprint density at radius 3 is 2.80 bits per heavy atom. The summed E-state index contributed by atoms with van der Waals surface area (Å²) in [7, 11) is 1.75. The number of aryl methyl sites for hydroxylation is 1. The van der Waals surface area contributed by atoms with Crippen molar-refractivity contribution < 1.29 is 9.72 Å². The van der Waals surface area contributed by atoms with Gasteiger partial charge in [0.15, 0.2) is 6.29 Å². The summed E-state index contributed by atoms with van der Waals surface area (Å²) in [4.78, 5) is 21.1. The monoisotopic (exact) mass is 204 g/mol. The molecule has 0 N–H and O–H groups in total. The molecule has 0 unspecified atom stereocenters. The van der Waals surface area contributed by atoms with Gasteiger partial charge in [0.1, 0.15) is 0 Å². The fourth-order valence-corrected chi connectivity index (χ4v) is 1.70. The van der Waals surface area contributed by atoms with Crippen LogP contribution in [0.15, 0.2) is 24.4 Å². The molecule has 0 saturated carbocycles. The van der Waals surface area contributed by atoms with Crippen LogP contribution in [0.3, 0.4) is 0 Å². The Labute approximate surface area is 85.1 Å². The maximum Gasteiger partial charge on any atom is 0.279 e. The average molecular weight is 204 g/mol. The molecule has 0 atom stereocenters. The van der Waals surface area contributed by atoms with E-state index in [0.717, 1.165) is 0 Å². The van der Waals surface area contributed by atoms with Crippen molar-refractivity contribution in [2.24, 2.45) is 7.05 Å². The van der Waals surface area contributed by atoms with Crippen LogP contribution in [0.1, 0.15) is 10.4 Å². The maximum absolute atomic E-state index is 10.8. The van der Waals surface area contributed by atoms with Gasteiger partial charge in [0, 0.05) is 24.9 Å². The summed E-state index contributed by atoms with van der Waals surface area (Å²) >= 11 is 0. The zero-order chi connectivity index (χ0) is 11.0. The quantitative estimate of drug-likeness (QED) is 0.426. The van der Waals surface area contributed by atoms with Crippen molar-refractivity contribution in [3.8, 4) is 0 Å². The Morgan fingerprint density at radius 1 is 1.47 bits per heavy atom. The smallest absolute Gasteiger partial charge is 0.279 e. The number of hydrogen-bond donors (Lipinski definition) is 0. The van der Waals surface area contributed by atoms with Crippen LogP contribution in [-0.2, 0) is 7.05 Å². The van der Waals surface area contributed by atoms with Gasteiger partial charge in [-0.1, -0.05) is 6.07 Å². The van der Waals surface area contributed by atoms with Crippen molar-refractivity contribution in [1.82, 2.24) is 4.57 Å².